The minimum Gasteiger partial charge on any atom is -0.537 e. The van der Waals surface area contributed by atoms with E-state index in [-0.39, 0.29) is 0 Å². The fourth-order valence-electron chi connectivity index (χ4n) is 2.06. The van der Waals surface area contributed by atoms with E-state index in [0.29, 0.717) is 5.75 Å². The van der Waals surface area contributed by atoms with Crippen LogP contribution >= 0.6 is 0 Å². The summed E-state index contributed by atoms with van der Waals surface area (Å²) < 4.78 is 5.06. The zero-order chi connectivity index (χ0) is 10.3. The predicted molar refractivity (Wildman–Crippen MR) is 59.5 cm³/mol. The molecule has 71 valence electrons. The normalized spacial score (nSPS) is 11.0. The summed E-state index contributed by atoms with van der Waals surface area (Å²) >= 11 is 0. The van der Waals surface area contributed by atoms with Gasteiger partial charge in [0.2, 0.25) is 0 Å². The third-order valence-corrected chi connectivity index (χ3v) is 2.69. The Labute approximate surface area is 88.4 Å². The maximum absolute atomic E-state index is 8.66. The maximum atomic E-state index is 8.66. The zero-order valence-electron chi connectivity index (χ0n) is 7.97. The molecule has 0 saturated heterocycles. The highest BCUT2D eigenvalue weighted by Gasteiger charge is 2.24. The first-order valence-electron chi connectivity index (χ1n) is 4.77. The fraction of sp³-hybridized carbons (Fsp3) is 0. The van der Waals surface area contributed by atoms with Crippen molar-refractivity contribution in [2.45, 2.75) is 0 Å². The third-order valence-electron chi connectivity index (χ3n) is 2.69. The molecule has 0 bridgehead atoms. The summed E-state index contributed by atoms with van der Waals surface area (Å²) in [7, 11) is 0.719. The average molecular weight is 195 g/mol. The molecular weight excluding hydrogens is 187 g/mol. The number of benzene rings is 2. The first kappa shape index (κ1) is 8.56. The van der Waals surface area contributed by atoms with Crippen molar-refractivity contribution in [3.63, 3.8) is 0 Å². The van der Waals surface area contributed by atoms with Crippen LogP contribution < -0.4 is 4.65 Å². The predicted octanol–water partition coefficient (Wildman–Crippen LogP) is 2.24. The molecule has 0 aromatic heterocycles. The lowest BCUT2D eigenvalue weighted by molar-refractivity contribution is 0.454. The van der Waals surface area contributed by atoms with E-state index >= 15 is 0 Å². The van der Waals surface area contributed by atoms with Gasteiger partial charge in [-0.25, -0.2) is 0 Å². The van der Waals surface area contributed by atoms with Crippen molar-refractivity contribution in [1.29, 1.82) is 0 Å². The molecule has 0 amide bonds. The van der Waals surface area contributed by atoms with Gasteiger partial charge in [-0.2, -0.15) is 0 Å². The van der Waals surface area contributed by atoms with Crippen LogP contribution in [0.3, 0.4) is 0 Å². The lowest BCUT2D eigenvalue weighted by Crippen LogP contribution is -2.06. The van der Waals surface area contributed by atoms with Gasteiger partial charge in [-0.05, 0) is 22.8 Å². The maximum Gasteiger partial charge on any atom is 0.569 e. The molecule has 0 heterocycles. The molecule has 3 rings (SSSR count). The van der Waals surface area contributed by atoms with Gasteiger partial charge >= 0.3 is 7.69 Å². The van der Waals surface area contributed by atoms with Gasteiger partial charge in [0.1, 0.15) is 5.75 Å². The molecule has 3 heteroatoms. The Kier molecular flexibility index (Phi) is 1.79. The number of fused-ring (bicyclic) bond motifs is 4. The van der Waals surface area contributed by atoms with E-state index in [1.54, 1.807) is 0 Å². The van der Waals surface area contributed by atoms with E-state index in [0.717, 1.165) is 13.2 Å². The Morgan fingerprint density at radius 2 is 1.60 bits per heavy atom. The lowest BCUT2D eigenvalue weighted by atomic mass is 9.80. The van der Waals surface area contributed by atoms with Crippen molar-refractivity contribution < 1.29 is 9.68 Å². The van der Waals surface area contributed by atoms with Crippen molar-refractivity contribution in [2.24, 2.45) is 0 Å². The average Bonchev–Trinajstić information content (AvgIpc) is 2.26. The van der Waals surface area contributed by atoms with Crippen LogP contribution in [0.5, 0.6) is 5.75 Å². The molecule has 2 aromatic carbocycles. The van der Waals surface area contributed by atoms with E-state index in [1.165, 1.54) is 16.7 Å². The molecular formula is C12H8BO2. The Balaban J connectivity index is 2.16. The Morgan fingerprint density at radius 3 is 2.40 bits per heavy atom. The largest absolute Gasteiger partial charge is 0.569 e. The molecule has 15 heavy (non-hydrogen) atoms. The first-order chi connectivity index (χ1) is 7.42. The summed E-state index contributed by atoms with van der Waals surface area (Å²) in [5.74, 6) is 0.703. The minimum atomic E-state index is 0.703. The van der Waals surface area contributed by atoms with Crippen LogP contribution in [0.25, 0.3) is 22.3 Å². The highest BCUT2D eigenvalue weighted by Crippen LogP contribution is 2.51. The van der Waals surface area contributed by atoms with Crippen molar-refractivity contribution in [2.75, 3.05) is 0 Å². The molecule has 0 atom stereocenters. The highest BCUT2D eigenvalue weighted by atomic mass is 16.5. The minimum absolute atomic E-state index is 0.703. The smallest absolute Gasteiger partial charge is 0.537 e. The molecule has 0 saturated carbocycles. The van der Waals surface area contributed by atoms with Gasteiger partial charge in [0.05, 0.1) is 0 Å². The second kappa shape index (κ2) is 3.14. The molecule has 1 N–H and O–H groups in total. The number of hydrogen-bond donors (Lipinski definition) is 1. The van der Waals surface area contributed by atoms with Crippen LogP contribution in [-0.4, -0.2) is 12.7 Å². The van der Waals surface area contributed by atoms with Crippen molar-refractivity contribution in [3.8, 4) is 28.0 Å². The molecule has 1 aliphatic carbocycles. The highest BCUT2D eigenvalue weighted by molar-refractivity contribution is 6.18. The van der Waals surface area contributed by atoms with Crippen molar-refractivity contribution in [3.05, 3.63) is 42.5 Å². The molecule has 1 radical (unpaired) electrons. The van der Waals surface area contributed by atoms with Crippen molar-refractivity contribution >= 4 is 7.69 Å². The monoisotopic (exact) mass is 195 g/mol. The summed E-state index contributed by atoms with van der Waals surface area (Å²) in [6.45, 7) is 0. The van der Waals surface area contributed by atoms with Crippen molar-refractivity contribution in [1.82, 2.24) is 0 Å². The van der Waals surface area contributed by atoms with Gasteiger partial charge in [-0.1, -0.05) is 36.4 Å². The molecule has 2 aromatic rings. The molecule has 0 unspecified atom stereocenters. The van der Waals surface area contributed by atoms with Crippen LogP contribution in [0.15, 0.2) is 42.5 Å². The Hall–Kier alpha value is -1.74. The Morgan fingerprint density at radius 1 is 0.867 bits per heavy atom. The molecule has 0 spiro atoms. The standard InChI is InChI=1S/C12H8BO2/c14-13-15-11-7-3-6-10-8-4-1-2-5-9(8)12(10)11/h1-7,14H. The van der Waals surface area contributed by atoms with Gasteiger partial charge < -0.3 is 9.68 Å². The number of hydrogen-bond acceptors (Lipinski definition) is 2. The lowest BCUT2D eigenvalue weighted by Gasteiger charge is -2.25. The van der Waals surface area contributed by atoms with Gasteiger partial charge in [0.15, 0.2) is 0 Å². The summed E-state index contributed by atoms with van der Waals surface area (Å²) in [4.78, 5) is 0. The fourth-order valence-corrected chi connectivity index (χ4v) is 2.06. The Bertz CT molecular complexity index is 523. The first-order valence-corrected chi connectivity index (χ1v) is 4.77. The van der Waals surface area contributed by atoms with Gasteiger partial charge in [0, 0.05) is 5.56 Å². The van der Waals surface area contributed by atoms with Crippen LogP contribution in [-0.2, 0) is 0 Å². The van der Waals surface area contributed by atoms with Gasteiger partial charge in [-0.3, -0.25) is 0 Å². The number of rotatable bonds is 2. The van der Waals surface area contributed by atoms with Crippen LogP contribution in [0, 0.1) is 0 Å². The van der Waals surface area contributed by atoms with E-state index in [1.807, 2.05) is 24.3 Å². The second-order valence-electron chi connectivity index (χ2n) is 3.45. The molecule has 1 aliphatic rings. The third kappa shape index (κ3) is 1.10. The van der Waals surface area contributed by atoms with Gasteiger partial charge in [-0.15, -0.1) is 0 Å². The molecule has 0 aliphatic heterocycles. The van der Waals surface area contributed by atoms with Gasteiger partial charge in [0.25, 0.3) is 0 Å². The summed E-state index contributed by atoms with van der Waals surface area (Å²) in [5, 5.41) is 8.66. The second-order valence-corrected chi connectivity index (χ2v) is 3.45. The van der Waals surface area contributed by atoms with E-state index < -0.39 is 0 Å². The summed E-state index contributed by atoms with van der Waals surface area (Å²) in [6, 6.07) is 14.0. The topological polar surface area (TPSA) is 29.5 Å². The molecule has 2 nitrogen and oxygen atoms in total. The SMILES string of the molecule is O[B]Oc1cccc2c1-c1ccccc1-2. The summed E-state index contributed by atoms with van der Waals surface area (Å²) in [5.41, 5.74) is 4.70. The zero-order valence-corrected chi connectivity index (χ0v) is 7.97. The van der Waals surface area contributed by atoms with Crippen LogP contribution in [0.4, 0.5) is 0 Å². The van der Waals surface area contributed by atoms with E-state index in [2.05, 4.69) is 18.2 Å². The van der Waals surface area contributed by atoms with Crippen LogP contribution in [0.2, 0.25) is 0 Å². The summed E-state index contributed by atoms with van der Waals surface area (Å²) in [6.07, 6.45) is 0. The van der Waals surface area contributed by atoms with E-state index in [9.17, 15) is 0 Å². The quantitative estimate of drug-likeness (QED) is 0.635. The van der Waals surface area contributed by atoms with Crippen LogP contribution in [0.1, 0.15) is 0 Å². The van der Waals surface area contributed by atoms with E-state index in [4.69, 9.17) is 9.68 Å². The molecule has 0 fully saturated rings.